The molecule has 7 heteroatoms. The highest BCUT2D eigenvalue weighted by Gasteiger charge is 2.30. The summed E-state index contributed by atoms with van der Waals surface area (Å²) in [6, 6.07) is 4.35. The Bertz CT molecular complexity index is 559. The molecule has 1 aliphatic rings. The van der Waals surface area contributed by atoms with Gasteiger partial charge in [0.15, 0.2) is 0 Å². The van der Waals surface area contributed by atoms with Crippen molar-refractivity contribution >= 4 is 17.3 Å². The predicted octanol–water partition coefficient (Wildman–Crippen LogP) is 1.16. The highest BCUT2D eigenvalue weighted by atomic mass is 16.6. The number of benzene rings is 1. The number of amides is 1. The van der Waals surface area contributed by atoms with Gasteiger partial charge in [0.05, 0.1) is 11.0 Å². The van der Waals surface area contributed by atoms with E-state index in [1.165, 1.54) is 19.2 Å². The Morgan fingerprint density at radius 1 is 1.57 bits per heavy atom. The minimum Gasteiger partial charge on any atom is -0.393 e. The minimum atomic E-state index is -0.448. The number of aliphatic hydroxyl groups is 1. The van der Waals surface area contributed by atoms with E-state index >= 15 is 0 Å². The molecule has 1 saturated heterocycles. The third-order valence-electron chi connectivity index (χ3n) is 3.91. The number of nitrogens with zero attached hydrogens (tertiary/aromatic N) is 2. The Labute approximate surface area is 122 Å². The lowest BCUT2D eigenvalue weighted by Crippen LogP contribution is -2.25. The normalized spacial score (nSPS) is 19.4. The highest BCUT2D eigenvalue weighted by molar-refractivity contribution is 5.95. The Kier molecular flexibility index (Phi) is 4.42. The maximum atomic E-state index is 11.7. The molecule has 1 amide bonds. The monoisotopic (exact) mass is 293 g/mol. The molecule has 2 unspecified atom stereocenters. The van der Waals surface area contributed by atoms with E-state index in [4.69, 9.17) is 0 Å². The van der Waals surface area contributed by atoms with Crippen molar-refractivity contribution in [1.82, 2.24) is 5.32 Å². The van der Waals surface area contributed by atoms with Crippen LogP contribution < -0.4 is 10.2 Å². The fourth-order valence-electron chi connectivity index (χ4n) is 2.62. The molecule has 0 spiro atoms. The molecule has 2 atom stereocenters. The van der Waals surface area contributed by atoms with Crippen molar-refractivity contribution in [1.29, 1.82) is 0 Å². The maximum Gasteiger partial charge on any atom is 0.292 e. The second-order valence-electron chi connectivity index (χ2n) is 5.28. The maximum absolute atomic E-state index is 11.7. The molecule has 0 radical (unpaired) electrons. The molecule has 2 rings (SSSR count). The average molecular weight is 293 g/mol. The van der Waals surface area contributed by atoms with Crippen molar-refractivity contribution < 1.29 is 14.8 Å². The van der Waals surface area contributed by atoms with Crippen molar-refractivity contribution in [3.63, 3.8) is 0 Å². The third kappa shape index (κ3) is 3.13. The lowest BCUT2D eigenvalue weighted by molar-refractivity contribution is -0.384. The molecule has 0 bridgehead atoms. The van der Waals surface area contributed by atoms with E-state index < -0.39 is 11.0 Å². The van der Waals surface area contributed by atoms with Crippen LogP contribution in [-0.2, 0) is 0 Å². The molecule has 1 heterocycles. The minimum absolute atomic E-state index is 0.0195. The molecule has 7 nitrogen and oxygen atoms in total. The Morgan fingerprint density at radius 3 is 2.81 bits per heavy atom. The number of aliphatic hydroxyl groups excluding tert-OH is 1. The molecule has 0 aliphatic carbocycles. The smallest absolute Gasteiger partial charge is 0.292 e. The SMILES string of the molecule is CNC(=O)c1ccc([N+](=O)[O-])c(N2CCC(C(C)O)C2)c1. The van der Waals surface area contributed by atoms with E-state index in [2.05, 4.69) is 5.32 Å². The van der Waals surface area contributed by atoms with Gasteiger partial charge >= 0.3 is 0 Å². The molecule has 1 aromatic carbocycles. The van der Waals surface area contributed by atoms with Crippen molar-refractivity contribution in [3.8, 4) is 0 Å². The molecule has 21 heavy (non-hydrogen) atoms. The first-order valence-electron chi connectivity index (χ1n) is 6.87. The predicted molar refractivity (Wildman–Crippen MR) is 78.5 cm³/mol. The largest absolute Gasteiger partial charge is 0.393 e. The summed E-state index contributed by atoms with van der Waals surface area (Å²) in [6.45, 7) is 2.91. The van der Waals surface area contributed by atoms with Gasteiger partial charge in [-0.2, -0.15) is 0 Å². The Morgan fingerprint density at radius 2 is 2.29 bits per heavy atom. The number of carbonyl (C=O) groups excluding carboxylic acids is 1. The van der Waals surface area contributed by atoms with E-state index in [-0.39, 0.29) is 17.5 Å². The molecule has 0 saturated carbocycles. The summed E-state index contributed by atoms with van der Waals surface area (Å²) in [7, 11) is 1.52. The van der Waals surface area contributed by atoms with Gasteiger partial charge in [0.25, 0.3) is 11.6 Å². The molecule has 114 valence electrons. The van der Waals surface area contributed by atoms with Gasteiger partial charge in [-0.3, -0.25) is 14.9 Å². The van der Waals surface area contributed by atoms with Crippen LogP contribution in [0.5, 0.6) is 0 Å². The number of nitrogens with one attached hydrogen (secondary N) is 1. The summed E-state index contributed by atoms with van der Waals surface area (Å²) in [4.78, 5) is 24.3. The van der Waals surface area contributed by atoms with Gasteiger partial charge in [0.1, 0.15) is 5.69 Å². The summed E-state index contributed by atoms with van der Waals surface area (Å²) in [6.07, 6.45) is 0.329. The van der Waals surface area contributed by atoms with Crippen LogP contribution in [0, 0.1) is 16.0 Å². The number of rotatable bonds is 4. The van der Waals surface area contributed by atoms with Gasteiger partial charge in [0, 0.05) is 37.7 Å². The van der Waals surface area contributed by atoms with E-state index in [1.807, 2.05) is 4.90 Å². The number of hydrogen-bond acceptors (Lipinski definition) is 5. The number of carbonyl (C=O) groups is 1. The third-order valence-corrected chi connectivity index (χ3v) is 3.91. The van der Waals surface area contributed by atoms with E-state index in [1.54, 1.807) is 13.0 Å². The molecular formula is C14H19N3O4. The van der Waals surface area contributed by atoms with Crippen LogP contribution in [-0.4, -0.2) is 42.2 Å². The summed E-state index contributed by atoms with van der Waals surface area (Å²) in [5.41, 5.74) is 0.803. The van der Waals surface area contributed by atoms with Crippen molar-refractivity contribution in [2.45, 2.75) is 19.4 Å². The van der Waals surface area contributed by atoms with Gasteiger partial charge in [0.2, 0.25) is 0 Å². The summed E-state index contributed by atoms with van der Waals surface area (Å²) >= 11 is 0. The highest BCUT2D eigenvalue weighted by Crippen LogP contribution is 2.33. The number of anilines is 1. The average Bonchev–Trinajstić information content (AvgIpc) is 2.95. The number of nitro groups is 1. The van der Waals surface area contributed by atoms with E-state index in [9.17, 15) is 20.0 Å². The van der Waals surface area contributed by atoms with Gasteiger partial charge in [-0.25, -0.2) is 0 Å². The van der Waals surface area contributed by atoms with Gasteiger partial charge < -0.3 is 15.3 Å². The van der Waals surface area contributed by atoms with Gasteiger partial charge in [-0.05, 0) is 25.5 Å². The first-order valence-corrected chi connectivity index (χ1v) is 6.87. The summed E-state index contributed by atoms with van der Waals surface area (Å²) in [5, 5.41) is 23.3. The molecular weight excluding hydrogens is 274 g/mol. The zero-order valence-corrected chi connectivity index (χ0v) is 12.1. The van der Waals surface area contributed by atoms with Crippen LogP contribution >= 0.6 is 0 Å². The van der Waals surface area contributed by atoms with E-state index in [0.717, 1.165) is 6.42 Å². The zero-order chi connectivity index (χ0) is 15.6. The lowest BCUT2D eigenvalue weighted by atomic mass is 10.0. The molecule has 1 aliphatic heterocycles. The van der Waals surface area contributed by atoms with Crippen LogP contribution in [0.2, 0.25) is 0 Å². The lowest BCUT2D eigenvalue weighted by Gasteiger charge is -2.20. The van der Waals surface area contributed by atoms with Crippen LogP contribution in [0.25, 0.3) is 0 Å². The van der Waals surface area contributed by atoms with E-state index in [0.29, 0.717) is 24.3 Å². The van der Waals surface area contributed by atoms with Gasteiger partial charge in [-0.1, -0.05) is 0 Å². The zero-order valence-electron chi connectivity index (χ0n) is 12.1. The first-order chi connectivity index (χ1) is 9.93. The molecule has 1 aromatic rings. The topological polar surface area (TPSA) is 95.7 Å². The number of nitro benzene ring substituents is 1. The van der Waals surface area contributed by atoms with Crippen LogP contribution in [0.3, 0.4) is 0 Å². The second kappa shape index (κ2) is 6.09. The molecule has 2 N–H and O–H groups in total. The van der Waals surface area contributed by atoms with Gasteiger partial charge in [-0.15, -0.1) is 0 Å². The van der Waals surface area contributed by atoms with Crippen LogP contribution in [0.15, 0.2) is 18.2 Å². The number of hydrogen-bond donors (Lipinski definition) is 2. The summed E-state index contributed by atoms with van der Waals surface area (Å²) < 4.78 is 0. The van der Waals surface area contributed by atoms with Crippen molar-refractivity contribution in [3.05, 3.63) is 33.9 Å². The summed E-state index contributed by atoms with van der Waals surface area (Å²) in [5.74, 6) is -0.189. The molecule has 0 aromatic heterocycles. The quantitative estimate of drug-likeness (QED) is 0.641. The van der Waals surface area contributed by atoms with Crippen molar-refractivity contribution in [2.24, 2.45) is 5.92 Å². The van der Waals surface area contributed by atoms with Crippen LogP contribution in [0.4, 0.5) is 11.4 Å². The Balaban J connectivity index is 2.36. The van der Waals surface area contributed by atoms with Crippen LogP contribution in [0.1, 0.15) is 23.7 Å². The Hall–Kier alpha value is -2.15. The molecule has 1 fully saturated rings. The first kappa shape index (κ1) is 15.2. The standard InChI is InChI=1S/C14H19N3O4/c1-9(18)11-5-6-16(8-11)13-7-10(14(19)15-2)3-4-12(13)17(20)21/h3-4,7,9,11,18H,5-6,8H2,1-2H3,(H,15,19). The fraction of sp³-hybridized carbons (Fsp3) is 0.500. The fourth-order valence-corrected chi connectivity index (χ4v) is 2.62. The second-order valence-corrected chi connectivity index (χ2v) is 5.28. The van der Waals surface area contributed by atoms with Crippen molar-refractivity contribution in [2.75, 3.05) is 25.0 Å².